The van der Waals surface area contributed by atoms with E-state index in [9.17, 15) is 0 Å². The van der Waals surface area contributed by atoms with Crippen molar-refractivity contribution in [3.05, 3.63) is 42.6 Å². The molecule has 102 valence electrons. The number of pyridine rings is 1. The number of rotatable bonds is 3. The Morgan fingerprint density at radius 1 is 1.30 bits per heavy atom. The predicted octanol–water partition coefficient (Wildman–Crippen LogP) is 2.12. The van der Waals surface area contributed by atoms with Crippen LogP contribution < -0.4 is 11.1 Å². The van der Waals surface area contributed by atoms with Crippen LogP contribution in [0.2, 0.25) is 0 Å². The first kappa shape index (κ1) is 12.4. The van der Waals surface area contributed by atoms with E-state index in [0.717, 1.165) is 22.4 Å². The second-order valence-electron chi connectivity index (χ2n) is 4.80. The molecule has 3 rings (SSSR count). The van der Waals surface area contributed by atoms with Crippen LogP contribution in [0.4, 0.5) is 11.4 Å². The van der Waals surface area contributed by atoms with Crippen LogP contribution in [0.15, 0.2) is 36.8 Å². The first-order valence-electron chi connectivity index (χ1n) is 6.40. The van der Waals surface area contributed by atoms with E-state index in [1.165, 1.54) is 0 Å². The van der Waals surface area contributed by atoms with Crippen molar-refractivity contribution in [3.63, 3.8) is 0 Å². The van der Waals surface area contributed by atoms with Crippen LogP contribution in [0.1, 0.15) is 18.8 Å². The summed E-state index contributed by atoms with van der Waals surface area (Å²) in [5.74, 6) is 0.880. The van der Waals surface area contributed by atoms with Crippen LogP contribution in [0, 0.1) is 0 Å². The van der Waals surface area contributed by atoms with E-state index in [2.05, 4.69) is 20.5 Å². The zero-order valence-corrected chi connectivity index (χ0v) is 11.4. The molecule has 0 aliphatic rings. The van der Waals surface area contributed by atoms with Gasteiger partial charge in [0.25, 0.3) is 0 Å². The SMILES string of the molecule is CC(Nc1ccnc2cc(N)ccc12)c1nncn1C. The molecule has 1 aromatic carbocycles. The molecule has 6 nitrogen and oxygen atoms in total. The molecule has 0 fully saturated rings. The number of aryl methyl sites for hydroxylation is 1. The van der Waals surface area contributed by atoms with E-state index < -0.39 is 0 Å². The summed E-state index contributed by atoms with van der Waals surface area (Å²) < 4.78 is 1.90. The maximum Gasteiger partial charge on any atom is 0.154 e. The van der Waals surface area contributed by atoms with Crippen LogP contribution in [0.5, 0.6) is 0 Å². The number of hydrogen-bond acceptors (Lipinski definition) is 5. The van der Waals surface area contributed by atoms with Crippen molar-refractivity contribution < 1.29 is 0 Å². The van der Waals surface area contributed by atoms with Gasteiger partial charge in [-0.25, -0.2) is 0 Å². The van der Waals surface area contributed by atoms with Crippen LogP contribution in [0.3, 0.4) is 0 Å². The van der Waals surface area contributed by atoms with Gasteiger partial charge in [-0.15, -0.1) is 10.2 Å². The third kappa shape index (κ3) is 2.16. The Labute approximate surface area is 116 Å². The molecule has 6 heteroatoms. The van der Waals surface area contributed by atoms with Gasteiger partial charge in [0.15, 0.2) is 5.82 Å². The van der Waals surface area contributed by atoms with Gasteiger partial charge in [-0.1, -0.05) is 0 Å². The highest BCUT2D eigenvalue weighted by Crippen LogP contribution is 2.26. The molecule has 1 unspecified atom stereocenters. The number of nitrogens with zero attached hydrogens (tertiary/aromatic N) is 4. The Kier molecular flexibility index (Phi) is 2.98. The highest BCUT2D eigenvalue weighted by atomic mass is 15.3. The van der Waals surface area contributed by atoms with E-state index in [4.69, 9.17) is 5.73 Å². The highest BCUT2D eigenvalue weighted by molar-refractivity contribution is 5.92. The lowest BCUT2D eigenvalue weighted by atomic mass is 10.1. The van der Waals surface area contributed by atoms with Crippen molar-refractivity contribution in [3.8, 4) is 0 Å². The lowest BCUT2D eigenvalue weighted by Crippen LogP contribution is -2.12. The summed E-state index contributed by atoms with van der Waals surface area (Å²) in [6, 6.07) is 7.72. The molecule has 0 amide bonds. The second kappa shape index (κ2) is 4.80. The summed E-state index contributed by atoms with van der Waals surface area (Å²) >= 11 is 0. The molecule has 0 aliphatic carbocycles. The first-order chi connectivity index (χ1) is 9.65. The highest BCUT2D eigenvalue weighted by Gasteiger charge is 2.12. The molecular weight excluding hydrogens is 252 g/mol. The van der Waals surface area contributed by atoms with Gasteiger partial charge < -0.3 is 15.6 Å². The summed E-state index contributed by atoms with van der Waals surface area (Å²) in [6.45, 7) is 2.05. The molecule has 3 aromatic rings. The molecule has 0 bridgehead atoms. The van der Waals surface area contributed by atoms with E-state index in [1.54, 1.807) is 12.5 Å². The molecule has 2 aromatic heterocycles. The van der Waals surface area contributed by atoms with Crippen molar-refractivity contribution in [2.45, 2.75) is 13.0 Å². The number of nitrogens with two attached hydrogens (primary N) is 1. The quantitative estimate of drug-likeness (QED) is 0.711. The lowest BCUT2D eigenvalue weighted by molar-refractivity contribution is 0.720. The Morgan fingerprint density at radius 2 is 2.15 bits per heavy atom. The molecule has 20 heavy (non-hydrogen) atoms. The Bertz CT molecular complexity index is 748. The summed E-state index contributed by atoms with van der Waals surface area (Å²) in [4.78, 5) is 4.34. The Balaban J connectivity index is 1.97. The maximum absolute atomic E-state index is 5.79. The third-order valence-electron chi connectivity index (χ3n) is 3.27. The second-order valence-corrected chi connectivity index (χ2v) is 4.80. The van der Waals surface area contributed by atoms with Crippen molar-refractivity contribution in [2.75, 3.05) is 11.1 Å². The lowest BCUT2D eigenvalue weighted by Gasteiger charge is -2.16. The van der Waals surface area contributed by atoms with Gasteiger partial charge in [-0.05, 0) is 31.2 Å². The minimum absolute atomic E-state index is 0.0469. The zero-order valence-electron chi connectivity index (χ0n) is 11.4. The van der Waals surface area contributed by atoms with Crippen LogP contribution >= 0.6 is 0 Å². The normalized spacial score (nSPS) is 12.5. The van der Waals surface area contributed by atoms with Crippen molar-refractivity contribution in [1.82, 2.24) is 19.7 Å². The minimum Gasteiger partial charge on any atom is -0.399 e. The molecule has 3 N–H and O–H groups in total. The molecular formula is C14H16N6. The van der Waals surface area contributed by atoms with Crippen LogP contribution in [0.25, 0.3) is 10.9 Å². The van der Waals surface area contributed by atoms with Crippen molar-refractivity contribution >= 4 is 22.3 Å². The topological polar surface area (TPSA) is 81.7 Å². The summed E-state index contributed by atoms with van der Waals surface area (Å²) in [5, 5.41) is 12.5. The Hall–Kier alpha value is -2.63. The monoisotopic (exact) mass is 268 g/mol. The molecule has 1 atom stereocenters. The number of benzene rings is 1. The fourth-order valence-electron chi connectivity index (χ4n) is 2.27. The molecule has 0 saturated heterocycles. The standard InChI is InChI=1S/C14H16N6/c1-9(14-19-17-8-20(14)2)18-12-5-6-16-13-7-10(15)3-4-11(12)13/h3-9H,15H2,1-2H3,(H,16,18). The fourth-order valence-corrected chi connectivity index (χ4v) is 2.27. The number of nitrogen functional groups attached to an aromatic ring is 1. The van der Waals surface area contributed by atoms with E-state index in [1.807, 2.05) is 42.8 Å². The molecule has 0 saturated carbocycles. The summed E-state index contributed by atoms with van der Waals surface area (Å²) in [6.07, 6.45) is 3.46. The molecule has 2 heterocycles. The number of aromatic nitrogens is 4. The van der Waals surface area contributed by atoms with Gasteiger partial charge in [0, 0.05) is 30.0 Å². The summed E-state index contributed by atoms with van der Waals surface area (Å²) in [7, 11) is 1.93. The largest absolute Gasteiger partial charge is 0.399 e. The maximum atomic E-state index is 5.79. The smallest absolute Gasteiger partial charge is 0.154 e. The number of anilines is 2. The van der Waals surface area contributed by atoms with Crippen molar-refractivity contribution in [2.24, 2.45) is 7.05 Å². The van der Waals surface area contributed by atoms with E-state index >= 15 is 0 Å². The molecule has 0 spiro atoms. The third-order valence-corrected chi connectivity index (χ3v) is 3.27. The van der Waals surface area contributed by atoms with Gasteiger partial charge in [0.2, 0.25) is 0 Å². The first-order valence-corrected chi connectivity index (χ1v) is 6.40. The average Bonchev–Trinajstić information content (AvgIpc) is 2.85. The van der Waals surface area contributed by atoms with E-state index in [0.29, 0.717) is 5.69 Å². The summed E-state index contributed by atoms with van der Waals surface area (Å²) in [5.41, 5.74) is 8.38. The molecule has 0 radical (unpaired) electrons. The van der Waals surface area contributed by atoms with Gasteiger partial charge in [-0.2, -0.15) is 0 Å². The van der Waals surface area contributed by atoms with E-state index in [-0.39, 0.29) is 6.04 Å². The minimum atomic E-state index is 0.0469. The van der Waals surface area contributed by atoms with Crippen LogP contribution in [-0.4, -0.2) is 19.7 Å². The number of fused-ring (bicyclic) bond motifs is 1. The average molecular weight is 268 g/mol. The number of hydrogen-bond donors (Lipinski definition) is 2. The Morgan fingerprint density at radius 3 is 2.90 bits per heavy atom. The van der Waals surface area contributed by atoms with Gasteiger partial charge in [0.05, 0.1) is 11.6 Å². The van der Waals surface area contributed by atoms with Gasteiger partial charge >= 0.3 is 0 Å². The fraction of sp³-hybridized carbons (Fsp3) is 0.214. The van der Waals surface area contributed by atoms with Crippen molar-refractivity contribution in [1.29, 1.82) is 0 Å². The van der Waals surface area contributed by atoms with Gasteiger partial charge in [0.1, 0.15) is 6.33 Å². The molecule has 0 aliphatic heterocycles. The van der Waals surface area contributed by atoms with Crippen LogP contribution in [-0.2, 0) is 7.05 Å². The number of nitrogens with one attached hydrogen (secondary N) is 1. The van der Waals surface area contributed by atoms with Gasteiger partial charge in [-0.3, -0.25) is 4.98 Å². The predicted molar refractivity (Wildman–Crippen MR) is 79.2 cm³/mol. The zero-order chi connectivity index (χ0) is 14.1.